The summed E-state index contributed by atoms with van der Waals surface area (Å²) in [6.45, 7) is 3.44. The average molecular weight is 338 g/mol. The van der Waals surface area contributed by atoms with Gasteiger partial charge in [-0.05, 0) is 36.8 Å². The molecular formula is C15H18N2O3S2. The molecule has 3 rings (SSSR count). The third kappa shape index (κ3) is 2.91. The van der Waals surface area contributed by atoms with Crippen molar-refractivity contribution < 1.29 is 13.2 Å². The first-order chi connectivity index (χ1) is 10.5. The zero-order valence-corrected chi connectivity index (χ0v) is 14.1. The average Bonchev–Trinajstić information content (AvgIpc) is 2.98. The molecule has 0 atom stereocenters. The van der Waals surface area contributed by atoms with Crippen LogP contribution in [0.25, 0.3) is 0 Å². The summed E-state index contributed by atoms with van der Waals surface area (Å²) in [4.78, 5) is 3.11. The molecule has 22 heavy (non-hydrogen) atoms. The Balaban J connectivity index is 1.87. The number of benzene rings is 1. The van der Waals surface area contributed by atoms with Crippen molar-refractivity contribution in [2.24, 2.45) is 0 Å². The van der Waals surface area contributed by atoms with Crippen LogP contribution in [0.2, 0.25) is 0 Å². The van der Waals surface area contributed by atoms with E-state index in [4.69, 9.17) is 4.74 Å². The van der Waals surface area contributed by atoms with Crippen LogP contribution in [0.4, 0.5) is 11.4 Å². The van der Waals surface area contributed by atoms with Crippen molar-refractivity contribution in [3.63, 3.8) is 0 Å². The number of hydrogen-bond donors (Lipinski definition) is 1. The Labute approximate surface area is 134 Å². The summed E-state index contributed by atoms with van der Waals surface area (Å²) < 4.78 is 33.4. The number of aryl methyl sites for hydroxylation is 1. The van der Waals surface area contributed by atoms with Crippen molar-refractivity contribution in [2.45, 2.75) is 17.6 Å². The Bertz CT molecular complexity index is 784. The van der Waals surface area contributed by atoms with Gasteiger partial charge in [0.2, 0.25) is 0 Å². The predicted octanol–water partition coefficient (Wildman–Crippen LogP) is 2.94. The maximum Gasteiger partial charge on any atom is 0.271 e. The molecule has 0 amide bonds. The Morgan fingerprint density at radius 2 is 2.14 bits per heavy atom. The topological polar surface area (TPSA) is 58.6 Å². The minimum absolute atomic E-state index is 0.340. The summed E-state index contributed by atoms with van der Waals surface area (Å²) in [7, 11) is -1.57. The number of sulfonamides is 1. The summed E-state index contributed by atoms with van der Waals surface area (Å²) in [6.07, 6.45) is 0.834. The summed E-state index contributed by atoms with van der Waals surface area (Å²) in [5, 5.41) is 0. The van der Waals surface area contributed by atoms with Gasteiger partial charge in [-0.3, -0.25) is 4.72 Å². The SMILES string of the molecule is CCc1ccc(S(=O)(=O)Nc2ccc3c(c2)N(C)CCO3)s1. The number of nitrogens with one attached hydrogen (secondary N) is 1. The van der Waals surface area contributed by atoms with Crippen molar-refractivity contribution in [1.29, 1.82) is 0 Å². The van der Waals surface area contributed by atoms with Crippen LogP contribution in [-0.4, -0.2) is 28.6 Å². The lowest BCUT2D eigenvalue weighted by Gasteiger charge is -2.28. The van der Waals surface area contributed by atoms with Crippen molar-refractivity contribution in [3.05, 3.63) is 35.2 Å². The number of thiophene rings is 1. The molecule has 7 heteroatoms. The second-order valence-corrected chi connectivity index (χ2v) is 8.21. The standard InChI is InChI=1S/C15H18N2O3S2/c1-3-12-5-7-15(21-12)22(18,19)16-11-4-6-14-13(10-11)17(2)8-9-20-14/h4-7,10,16H,3,8-9H2,1-2H3. The van der Waals surface area contributed by atoms with Gasteiger partial charge in [0, 0.05) is 11.9 Å². The molecule has 1 aliphatic heterocycles. The molecule has 5 nitrogen and oxygen atoms in total. The third-order valence-corrected chi connectivity index (χ3v) is 6.66. The number of anilines is 2. The Morgan fingerprint density at radius 3 is 2.86 bits per heavy atom. The number of nitrogens with zero attached hydrogens (tertiary/aromatic N) is 1. The molecule has 0 unspecified atom stereocenters. The first-order valence-electron chi connectivity index (χ1n) is 7.09. The van der Waals surface area contributed by atoms with E-state index >= 15 is 0 Å². The zero-order chi connectivity index (χ0) is 15.7. The highest BCUT2D eigenvalue weighted by molar-refractivity contribution is 7.94. The van der Waals surface area contributed by atoms with E-state index in [0.717, 1.165) is 29.3 Å². The number of ether oxygens (including phenoxy) is 1. The maximum absolute atomic E-state index is 12.4. The van der Waals surface area contributed by atoms with E-state index in [2.05, 4.69) is 9.62 Å². The molecule has 0 radical (unpaired) electrons. The second-order valence-electron chi connectivity index (χ2n) is 5.13. The van der Waals surface area contributed by atoms with Gasteiger partial charge >= 0.3 is 0 Å². The van der Waals surface area contributed by atoms with Gasteiger partial charge in [0.05, 0.1) is 17.9 Å². The molecule has 1 aromatic heterocycles. The normalized spacial score (nSPS) is 14.4. The van der Waals surface area contributed by atoms with Gasteiger partial charge in [-0.15, -0.1) is 11.3 Å². The van der Waals surface area contributed by atoms with Crippen molar-refractivity contribution in [1.82, 2.24) is 0 Å². The van der Waals surface area contributed by atoms with E-state index in [0.29, 0.717) is 16.5 Å². The van der Waals surface area contributed by atoms with E-state index in [-0.39, 0.29) is 0 Å². The van der Waals surface area contributed by atoms with Crippen LogP contribution in [0.5, 0.6) is 5.75 Å². The van der Waals surface area contributed by atoms with E-state index in [9.17, 15) is 8.42 Å². The molecule has 118 valence electrons. The van der Waals surface area contributed by atoms with E-state index < -0.39 is 10.0 Å². The number of rotatable bonds is 4. The lowest BCUT2D eigenvalue weighted by molar-refractivity contribution is 0.311. The molecule has 2 aromatic rings. The molecule has 0 fully saturated rings. The van der Waals surface area contributed by atoms with E-state index in [1.165, 1.54) is 11.3 Å². The van der Waals surface area contributed by atoms with Gasteiger partial charge in [-0.25, -0.2) is 8.42 Å². The van der Waals surface area contributed by atoms with Gasteiger partial charge in [-0.2, -0.15) is 0 Å². The van der Waals surface area contributed by atoms with Gasteiger partial charge in [0.15, 0.2) is 0 Å². The summed E-state index contributed by atoms with van der Waals surface area (Å²) in [6, 6.07) is 8.84. The van der Waals surface area contributed by atoms with Gasteiger partial charge < -0.3 is 9.64 Å². The van der Waals surface area contributed by atoms with Crippen LogP contribution in [0.15, 0.2) is 34.5 Å². The summed E-state index contributed by atoms with van der Waals surface area (Å²) >= 11 is 1.30. The summed E-state index contributed by atoms with van der Waals surface area (Å²) in [5.41, 5.74) is 1.44. The molecule has 0 spiro atoms. The molecule has 0 bridgehead atoms. The van der Waals surface area contributed by atoms with Gasteiger partial charge in [-0.1, -0.05) is 6.92 Å². The van der Waals surface area contributed by atoms with Crippen molar-refractivity contribution in [3.8, 4) is 5.75 Å². The van der Waals surface area contributed by atoms with E-state index in [1.54, 1.807) is 24.3 Å². The molecule has 1 aliphatic rings. The highest BCUT2D eigenvalue weighted by atomic mass is 32.2. The predicted molar refractivity (Wildman–Crippen MR) is 89.7 cm³/mol. The lowest BCUT2D eigenvalue weighted by Crippen LogP contribution is -2.28. The van der Waals surface area contributed by atoms with Crippen LogP contribution >= 0.6 is 11.3 Å². The molecule has 0 saturated heterocycles. The zero-order valence-electron chi connectivity index (χ0n) is 12.5. The lowest BCUT2D eigenvalue weighted by atomic mass is 10.2. The fourth-order valence-corrected chi connectivity index (χ4v) is 4.66. The minimum atomic E-state index is -3.54. The fraction of sp³-hybridized carbons (Fsp3) is 0.333. The Morgan fingerprint density at radius 1 is 1.32 bits per heavy atom. The second kappa shape index (κ2) is 5.81. The molecular weight excluding hydrogens is 320 g/mol. The first kappa shape index (κ1) is 15.2. The Hall–Kier alpha value is -1.73. The minimum Gasteiger partial charge on any atom is -0.490 e. The fourth-order valence-electron chi connectivity index (χ4n) is 2.31. The van der Waals surface area contributed by atoms with Gasteiger partial charge in [0.25, 0.3) is 10.0 Å². The molecule has 2 heterocycles. The van der Waals surface area contributed by atoms with E-state index in [1.807, 2.05) is 20.0 Å². The molecule has 0 saturated carbocycles. The van der Waals surface area contributed by atoms with Crippen LogP contribution in [0.1, 0.15) is 11.8 Å². The maximum atomic E-state index is 12.4. The van der Waals surface area contributed by atoms with Crippen LogP contribution in [0, 0.1) is 0 Å². The van der Waals surface area contributed by atoms with Crippen LogP contribution in [0.3, 0.4) is 0 Å². The van der Waals surface area contributed by atoms with Gasteiger partial charge in [0.1, 0.15) is 16.6 Å². The Kier molecular flexibility index (Phi) is 4.01. The monoisotopic (exact) mass is 338 g/mol. The highest BCUT2D eigenvalue weighted by Crippen LogP contribution is 2.34. The highest BCUT2D eigenvalue weighted by Gasteiger charge is 2.19. The number of fused-ring (bicyclic) bond motifs is 1. The molecule has 1 aromatic carbocycles. The van der Waals surface area contributed by atoms with Crippen molar-refractivity contribution >= 4 is 32.7 Å². The third-order valence-electron chi connectivity index (χ3n) is 3.56. The van der Waals surface area contributed by atoms with Crippen LogP contribution in [-0.2, 0) is 16.4 Å². The van der Waals surface area contributed by atoms with Crippen LogP contribution < -0.4 is 14.4 Å². The summed E-state index contributed by atoms with van der Waals surface area (Å²) in [5.74, 6) is 0.779. The molecule has 0 aliphatic carbocycles. The number of hydrogen-bond acceptors (Lipinski definition) is 5. The quantitative estimate of drug-likeness (QED) is 0.931. The smallest absolute Gasteiger partial charge is 0.271 e. The largest absolute Gasteiger partial charge is 0.490 e. The number of likely N-dealkylation sites (N-methyl/N-ethyl adjacent to an activating group) is 1. The first-order valence-corrected chi connectivity index (χ1v) is 9.39. The molecule has 1 N–H and O–H groups in total. The van der Waals surface area contributed by atoms with Crippen molar-refractivity contribution in [2.75, 3.05) is 29.8 Å².